The second-order valence-corrected chi connectivity index (χ2v) is 5.11. The van der Waals surface area contributed by atoms with Gasteiger partial charge in [0.1, 0.15) is 0 Å². The molecular formula is C12H24Cl2N2O2. The van der Waals surface area contributed by atoms with E-state index in [1.54, 1.807) is 0 Å². The zero-order valence-electron chi connectivity index (χ0n) is 10.6. The van der Waals surface area contributed by atoms with E-state index in [0.717, 1.165) is 44.9 Å². The number of aliphatic carboxylic acids is 1. The van der Waals surface area contributed by atoms with Gasteiger partial charge in [-0.15, -0.1) is 24.8 Å². The number of rotatable bonds is 3. The van der Waals surface area contributed by atoms with E-state index in [1.165, 1.54) is 19.4 Å². The fourth-order valence-corrected chi connectivity index (χ4v) is 2.79. The van der Waals surface area contributed by atoms with E-state index in [9.17, 15) is 4.79 Å². The molecule has 0 aromatic carbocycles. The average Bonchev–Trinajstić information content (AvgIpc) is 2.31. The average molecular weight is 299 g/mol. The minimum Gasteiger partial charge on any atom is -0.481 e. The highest BCUT2D eigenvalue weighted by atomic mass is 35.5. The van der Waals surface area contributed by atoms with Gasteiger partial charge in [0.2, 0.25) is 0 Å². The fourth-order valence-electron chi connectivity index (χ4n) is 2.79. The van der Waals surface area contributed by atoms with Gasteiger partial charge in [-0.2, -0.15) is 0 Å². The van der Waals surface area contributed by atoms with Gasteiger partial charge in [0.05, 0.1) is 5.92 Å². The monoisotopic (exact) mass is 298 g/mol. The van der Waals surface area contributed by atoms with Crippen molar-refractivity contribution in [3.8, 4) is 0 Å². The van der Waals surface area contributed by atoms with E-state index in [2.05, 4.69) is 10.2 Å². The van der Waals surface area contributed by atoms with E-state index in [4.69, 9.17) is 5.11 Å². The maximum absolute atomic E-state index is 10.8. The molecule has 0 saturated carbocycles. The molecule has 2 aliphatic heterocycles. The van der Waals surface area contributed by atoms with E-state index in [1.807, 2.05) is 0 Å². The lowest BCUT2D eigenvalue weighted by atomic mass is 9.93. The summed E-state index contributed by atoms with van der Waals surface area (Å²) in [6.07, 6.45) is 4.22. The number of carbonyl (C=O) groups is 1. The van der Waals surface area contributed by atoms with Crippen LogP contribution < -0.4 is 5.32 Å². The molecule has 6 heteroatoms. The molecule has 2 rings (SSSR count). The summed E-state index contributed by atoms with van der Waals surface area (Å²) in [6.45, 7) is 5.42. The number of nitrogens with one attached hydrogen (secondary N) is 1. The first-order valence-corrected chi connectivity index (χ1v) is 6.41. The van der Waals surface area contributed by atoms with E-state index in [-0.39, 0.29) is 30.7 Å². The maximum atomic E-state index is 10.8. The van der Waals surface area contributed by atoms with Gasteiger partial charge in [-0.05, 0) is 57.8 Å². The summed E-state index contributed by atoms with van der Waals surface area (Å²) in [4.78, 5) is 13.3. The van der Waals surface area contributed by atoms with Gasteiger partial charge < -0.3 is 15.3 Å². The number of hydrogen-bond acceptors (Lipinski definition) is 3. The predicted octanol–water partition coefficient (Wildman–Crippen LogP) is 1.63. The molecule has 0 aromatic rings. The minimum absolute atomic E-state index is 0. The molecule has 108 valence electrons. The quantitative estimate of drug-likeness (QED) is 0.831. The van der Waals surface area contributed by atoms with Crippen molar-refractivity contribution >= 4 is 30.8 Å². The highest BCUT2D eigenvalue weighted by molar-refractivity contribution is 5.85. The molecule has 2 N–H and O–H groups in total. The Bertz CT molecular complexity index is 240. The molecule has 0 bridgehead atoms. The summed E-state index contributed by atoms with van der Waals surface area (Å²) in [6, 6.07) is 0. The Balaban J connectivity index is 0.00000144. The number of hydrogen-bond donors (Lipinski definition) is 2. The van der Waals surface area contributed by atoms with Crippen molar-refractivity contribution in [3.05, 3.63) is 0 Å². The lowest BCUT2D eigenvalue weighted by Gasteiger charge is -2.34. The molecule has 0 amide bonds. The first-order valence-electron chi connectivity index (χ1n) is 6.41. The smallest absolute Gasteiger partial charge is 0.306 e. The van der Waals surface area contributed by atoms with Crippen LogP contribution in [-0.4, -0.2) is 48.7 Å². The van der Waals surface area contributed by atoms with Gasteiger partial charge in [0.15, 0.2) is 0 Å². The van der Waals surface area contributed by atoms with Crippen molar-refractivity contribution in [2.45, 2.75) is 25.7 Å². The Morgan fingerprint density at radius 2 is 1.67 bits per heavy atom. The van der Waals surface area contributed by atoms with Crippen LogP contribution in [0.3, 0.4) is 0 Å². The third-order valence-corrected chi connectivity index (χ3v) is 3.91. The zero-order valence-corrected chi connectivity index (χ0v) is 12.3. The van der Waals surface area contributed by atoms with Crippen molar-refractivity contribution in [2.24, 2.45) is 11.8 Å². The summed E-state index contributed by atoms with van der Waals surface area (Å²) in [5.41, 5.74) is 0. The Morgan fingerprint density at radius 1 is 1.11 bits per heavy atom. The van der Waals surface area contributed by atoms with Gasteiger partial charge in [-0.1, -0.05) is 0 Å². The molecule has 0 spiro atoms. The summed E-state index contributed by atoms with van der Waals surface area (Å²) >= 11 is 0. The molecule has 0 aromatic heterocycles. The van der Waals surface area contributed by atoms with Crippen LogP contribution in [-0.2, 0) is 4.79 Å². The summed E-state index contributed by atoms with van der Waals surface area (Å²) in [5, 5.41) is 12.3. The summed E-state index contributed by atoms with van der Waals surface area (Å²) in [5.74, 6) is 0.119. The van der Waals surface area contributed by atoms with Crippen LogP contribution in [0.25, 0.3) is 0 Å². The SMILES string of the molecule is Cl.Cl.O=C(O)C1CCN(CC2CCNCC2)CC1. The van der Waals surface area contributed by atoms with Crippen molar-refractivity contribution in [1.29, 1.82) is 0 Å². The molecule has 18 heavy (non-hydrogen) atoms. The molecule has 2 fully saturated rings. The van der Waals surface area contributed by atoms with E-state index < -0.39 is 5.97 Å². The topological polar surface area (TPSA) is 52.6 Å². The lowest BCUT2D eigenvalue weighted by molar-refractivity contribution is -0.143. The minimum atomic E-state index is -0.610. The van der Waals surface area contributed by atoms with Crippen molar-refractivity contribution in [3.63, 3.8) is 0 Å². The first-order chi connectivity index (χ1) is 7.75. The van der Waals surface area contributed by atoms with Crippen LogP contribution in [0, 0.1) is 11.8 Å². The Morgan fingerprint density at radius 3 is 2.17 bits per heavy atom. The number of likely N-dealkylation sites (tertiary alicyclic amines) is 1. The first kappa shape index (κ1) is 18.0. The standard InChI is InChI=1S/C12H22N2O2.2ClH/c15-12(16)11-3-7-14(8-4-11)9-10-1-5-13-6-2-10;;/h10-11,13H,1-9H2,(H,15,16);2*1H. The molecule has 0 radical (unpaired) electrons. The number of carboxylic acid groups (broad SMARTS) is 1. The van der Waals surface area contributed by atoms with Gasteiger partial charge in [0, 0.05) is 6.54 Å². The lowest BCUT2D eigenvalue weighted by Crippen LogP contribution is -2.41. The molecule has 0 atom stereocenters. The van der Waals surface area contributed by atoms with Gasteiger partial charge in [0.25, 0.3) is 0 Å². The Labute approximate surface area is 121 Å². The molecular weight excluding hydrogens is 275 g/mol. The second kappa shape index (κ2) is 8.97. The number of carboxylic acids is 1. The van der Waals surface area contributed by atoms with Gasteiger partial charge in [-0.25, -0.2) is 0 Å². The number of halogens is 2. The fraction of sp³-hybridized carbons (Fsp3) is 0.917. The van der Waals surface area contributed by atoms with Gasteiger partial charge in [-0.3, -0.25) is 4.79 Å². The zero-order chi connectivity index (χ0) is 11.4. The molecule has 2 aliphatic rings. The molecule has 2 heterocycles. The number of piperidine rings is 2. The van der Waals surface area contributed by atoms with Crippen molar-refractivity contribution in [1.82, 2.24) is 10.2 Å². The highest BCUT2D eigenvalue weighted by Gasteiger charge is 2.26. The highest BCUT2D eigenvalue weighted by Crippen LogP contribution is 2.20. The van der Waals surface area contributed by atoms with Crippen molar-refractivity contribution < 1.29 is 9.90 Å². The van der Waals surface area contributed by atoms with Crippen LogP contribution in [0.5, 0.6) is 0 Å². The number of nitrogens with zero attached hydrogens (tertiary/aromatic N) is 1. The second-order valence-electron chi connectivity index (χ2n) is 5.11. The normalized spacial score (nSPS) is 22.9. The van der Waals surface area contributed by atoms with Crippen LogP contribution >= 0.6 is 24.8 Å². The van der Waals surface area contributed by atoms with E-state index in [0.29, 0.717) is 0 Å². The summed E-state index contributed by atoms with van der Waals surface area (Å²) in [7, 11) is 0. The maximum Gasteiger partial charge on any atom is 0.306 e. The largest absolute Gasteiger partial charge is 0.481 e. The Kier molecular flexibility index (Phi) is 8.95. The predicted molar refractivity (Wildman–Crippen MR) is 76.9 cm³/mol. The summed E-state index contributed by atoms with van der Waals surface area (Å²) < 4.78 is 0. The molecule has 2 saturated heterocycles. The van der Waals surface area contributed by atoms with Crippen LogP contribution in [0.4, 0.5) is 0 Å². The third-order valence-electron chi connectivity index (χ3n) is 3.91. The third kappa shape index (κ3) is 5.31. The molecule has 0 aliphatic carbocycles. The van der Waals surface area contributed by atoms with Crippen molar-refractivity contribution in [2.75, 3.05) is 32.7 Å². The molecule has 0 unspecified atom stereocenters. The Hall–Kier alpha value is -0.0300. The van der Waals surface area contributed by atoms with E-state index >= 15 is 0 Å². The van der Waals surface area contributed by atoms with Crippen LogP contribution in [0.15, 0.2) is 0 Å². The van der Waals surface area contributed by atoms with Crippen LogP contribution in [0.1, 0.15) is 25.7 Å². The molecule has 4 nitrogen and oxygen atoms in total. The van der Waals surface area contributed by atoms with Gasteiger partial charge >= 0.3 is 5.97 Å². The van der Waals surface area contributed by atoms with Crippen LogP contribution in [0.2, 0.25) is 0 Å².